The molecule has 138 valence electrons. The van der Waals surface area contributed by atoms with Crippen LogP contribution in [0.4, 0.5) is 11.9 Å². The number of aromatic nitrogens is 5. The Balaban J connectivity index is 1.75. The van der Waals surface area contributed by atoms with Crippen LogP contribution in [-0.4, -0.2) is 54.9 Å². The van der Waals surface area contributed by atoms with Crippen molar-refractivity contribution in [3.63, 3.8) is 0 Å². The second-order valence-corrected chi connectivity index (χ2v) is 6.88. The minimum atomic E-state index is -0.691. The molecule has 0 unspecified atom stereocenters. The third-order valence-electron chi connectivity index (χ3n) is 4.05. The van der Waals surface area contributed by atoms with Gasteiger partial charge in [0.1, 0.15) is 5.54 Å². The van der Waals surface area contributed by atoms with E-state index in [-0.39, 0.29) is 11.7 Å². The summed E-state index contributed by atoms with van der Waals surface area (Å²) in [5.74, 6) is 1.39. The van der Waals surface area contributed by atoms with Crippen molar-refractivity contribution in [2.24, 2.45) is 0 Å². The lowest BCUT2D eigenvalue weighted by molar-refractivity contribution is -0.120. The highest BCUT2D eigenvalue weighted by Crippen LogP contribution is 2.31. The molecule has 2 heterocycles. The number of fused-ring (bicyclic) bond motifs is 1. The molecule has 2 aromatic heterocycles. The molecule has 0 saturated heterocycles. The fourth-order valence-corrected chi connectivity index (χ4v) is 3.35. The maximum Gasteiger partial charge on any atom is 0.261 e. The number of amides is 1. The smallest absolute Gasteiger partial charge is 0.261 e. The monoisotopic (exact) mass is 375 g/mol. The molecule has 1 amide bonds. The van der Waals surface area contributed by atoms with E-state index in [0.29, 0.717) is 48.8 Å². The van der Waals surface area contributed by atoms with Gasteiger partial charge in [0.05, 0.1) is 11.8 Å². The average Bonchev–Trinajstić information content (AvgIpc) is 3.00. The van der Waals surface area contributed by atoms with Crippen LogP contribution >= 0.6 is 11.8 Å². The molecule has 1 fully saturated rings. The van der Waals surface area contributed by atoms with Gasteiger partial charge in [-0.3, -0.25) is 4.79 Å². The predicted octanol–water partition coefficient (Wildman–Crippen LogP) is 1.04. The van der Waals surface area contributed by atoms with Gasteiger partial charge < -0.3 is 16.0 Å². The van der Waals surface area contributed by atoms with Crippen LogP contribution in [0.3, 0.4) is 0 Å². The standard InChI is InChI=1S/C15H21N9OS/c1-3-17-11-19-12(18-4-2)24-13(20-11)22-23-14(24)26-8-10(25)21-15(9-16)6-5-7-15/h3-8H2,1-2H3,(H,21,25)(H2,17,18,19,20,22). The first-order valence-electron chi connectivity index (χ1n) is 8.56. The molecule has 3 rings (SSSR count). The number of nitriles is 1. The largest absolute Gasteiger partial charge is 0.355 e. The summed E-state index contributed by atoms with van der Waals surface area (Å²) in [7, 11) is 0. The molecule has 0 atom stereocenters. The topological polar surface area (TPSA) is 133 Å². The zero-order chi connectivity index (χ0) is 18.6. The number of carbonyl (C=O) groups is 1. The van der Waals surface area contributed by atoms with Crippen molar-refractivity contribution in [2.75, 3.05) is 29.5 Å². The molecule has 0 aromatic carbocycles. The Morgan fingerprint density at radius 2 is 2.04 bits per heavy atom. The molecule has 0 spiro atoms. The number of nitrogens with zero attached hydrogens (tertiary/aromatic N) is 6. The number of hydrogen-bond acceptors (Lipinski definition) is 9. The summed E-state index contributed by atoms with van der Waals surface area (Å²) in [6.45, 7) is 5.29. The highest BCUT2D eigenvalue weighted by atomic mass is 32.2. The Hall–Kier alpha value is -2.61. The Morgan fingerprint density at radius 1 is 1.27 bits per heavy atom. The van der Waals surface area contributed by atoms with Crippen LogP contribution in [-0.2, 0) is 4.79 Å². The summed E-state index contributed by atoms with van der Waals surface area (Å²) in [5.41, 5.74) is -0.691. The number of thioether (sulfide) groups is 1. The highest BCUT2D eigenvalue weighted by molar-refractivity contribution is 7.99. The zero-order valence-electron chi connectivity index (χ0n) is 14.7. The van der Waals surface area contributed by atoms with Crippen LogP contribution in [0.15, 0.2) is 5.16 Å². The van der Waals surface area contributed by atoms with Crippen LogP contribution in [0.1, 0.15) is 33.1 Å². The second-order valence-electron chi connectivity index (χ2n) is 5.93. The van der Waals surface area contributed by atoms with Crippen LogP contribution in [0.5, 0.6) is 0 Å². The fraction of sp³-hybridized carbons (Fsp3) is 0.600. The number of hydrogen-bond donors (Lipinski definition) is 3. The summed E-state index contributed by atoms with van der Waals surface area (Å²) in [6, 6.07) is 2.20. The van der Waals surface area contributed by atoms with Crippen molar-refractivity contribution < 1.29 is 4.79 Å². The maximum absolute atomic E-state index is 12.2. The van der Waals surface area contributed by atoms with Gasteiger partial charge in [0.15, 0.2) is 5.16 Å². The van der Waals surface area contributed by atoms with E-state index in [2.05, 4.69) is 42.2 Å². The molecule has 3 N–H and O–H groups in total. The van der Waals surface area contributed by atoms with Gasteiger partial charge in [0.25, 0.3) is 5.78 Å². The summed E-state index contributed by atoms with van der Waals surface area (Å²) in [6.07, 6.45) is 2.38. The molecule has 11 heteroatoms. The first-order valence-corrected chi connectivity index (χ1v) is 9.55. The van der Waals surface area contributed by atoms with E-state index >= 15 is 0 Å². The molecule has 0 bridgehead atoms. The fourth-order valence-electron chi connectivity index (χ4n) is 2.63. The minimum absolute atomic E-state index is 0.144. The highest BCUT2D eigenvalue weighted by Gasteiger charge is 2.38. The first kappa shape index (κ1) is 18.2. The van der Waals surface area contributed by atoms with E-state index in [0.717, 1.165) is 6.42 Å². The average molecular weight is 375 g/mol. The van der Waals surface area contributed by atoms with E-state index in [1.165, 1.54) is 11.8 Å². The molecular weight excluding hydrogens is 354 g/mol. The van der Waals surface area contributed by atoms with Gasteiger partial charge >= 0.3 is 0 Å². The number of anilines is 2. The van der Waals surface area contributed by atoms with Gasteiger partial charge in [-0.15, -0.1) is 10.2 Å². The van der Waals surface area contributed by atoms with E-state index in [9.17, 15) is 10.1 Å². The molecule has 10 nitrogen and oxygen atoms in total. The Bertz CT molecular complexity index is 839. The van der Waals surface area contributed by atoms with Gasteiger partial charge in [-0.05, 0) is 33.1 Å². The van der Waals surface area contributed by atoms with Crippen LogP contribution in [0, 0.1) is 11.3 Å². The lowest BCUT2D eigenvalue weighted by atomic mass is 9.78. The SMILES string of the molecule is CCNc1nc(NCC)n2c(SCC(=O)NC3(C#N)CCC3)nnc2n1. The number of nitrogens with one attached hydrogen (secondary N) is 3. The van der Waals surface area contributed by atoms with Crippen LogP contribution < -0.4 is 16.0 Å². The molecule has 0 aliphatic heterocycles. The second kappa shape index (κ2) is 7.74. The van der Waals surface area contributed by atoms with E-state index in [1.54, 1.807) is 4.40 Å². The molecule has 26 heavy (non-hydrogen) atoms. The Kier molecular flexibility index (Phi) is 5.41. The number of rotatable bonds is 8. The van der Waals surface area contributed by atoms with E-state index in [4.69, 9.17) is 0 Å². The molecule has 1 saturated carbocycles. The summed E-state index contributed by atoms with van der Waals surface area (Å²) in [4.78, 5) is 20.9. The maximum atomic E-state index is 12.2. The van der Waals surface area contributed by atoms with Crippen molar-refractivity contribution in [3.8, 4) is 6.07 Å². The Morgan fingerprint density at radius 3 is 2.65 bits per heavy atom. The minimum Gasteiger partial charge on any atom is -0.355 e. The first-order chi connectivity index (χ1) is 12.6. The molecule has 2 aromatic rings. The zero-order valence-corrected chi connectivity index (χ0v) is 15.6. The van der Waals surface area contributed by atoms with Gasteiger partial charge in [0, 0.05) is 13.1 Å². The van der Waals surface area contributed by atoms with Gasteiger partial charge in [-0.25, -0.2) is 4.40 Å². The third kappa shape index (κ3) is 3.65. The van der Waals surface area contributed by atoms with Crippen molar-refractivity contribution in [1.29, 1.82) is 5.26 Å². The van der Waals surface area contributed by atoms with Crippen molar-refractivity contribution in [1.82, 2.24) is 29.9 Å². The van der Waals surface area contributed by atoms with Crippen LogP contribution in [0.2, 0.25) is 0 Å². The van der Waals surface area contributed by atoms with Crippen molar-refractivity contribution in [2.45, 2.75) is 43.8 Å². The molecule has 1 aliphatic rings. The van der Waals surface area contributed by atoms with E-state index in [1.807, 2.05) is 13.8 Å². The lowest BCUT2D eigenvalue weighted by Crippen LogP contribution is -2.52. The van der Waals surface area contributed by atoms with Crippen molar-refractivity contribution in [3.05, 3.63) is 0 Å². The normalized spacial score (nSPS) is 15.1. The van der Waals surface area contributed by atoms with Crippen molar-refractivity contribution >= 4 is 35.3 Å². The Labute approximate surface area is 155 Å². The molecular formula is C15H21N9OS. The summed E-state index contributed by atoms with van der Waals surface area (Å²) < 4.78 is 1.69. The molecule has 1 aliphatic carbocycles. The summed E-state index contributed by atoms with van der Waals surface area (Å²) >= 11 is 1.24. The quantitative estimate of drug-likeness (QED) is 0.579. The van der Waals surface area contributed by atoms with Gasteiger partial charge in [0.2, 0.25) is 17.8 Å². The van der Waals surface area contributed by atoms with Gasteiger partial charge in [-0.2, -0.15) is 15.2 Å². The predicted molar refractivity (Wildman–Crippen MR) is 98.0 cm³/mol. The van der Waals surface area contributed by atoms with Crippen LogP contribution in [0.25, 0.3) is 5.78 Å². The van der Waals surface area contributed by atoms with Gasteiger partial charge in [-0.1, -0.05) is 11.8 Å². The summed E-state index contributed by atoms with van der Waals surface area (Å²) in [5, 5.41) is 27.0. The lowest BCUT2D eigenvalue weighted by Gasteiger charge is -2.35. The van der Waals surface area contributed by atoms with E-state index < -0.39 is 5.54 Å². The molecule has 0 radical (unpaired) electrons. The third-order valence-corrected chi connectivity index (χ3v) is 4.98. The number of carbonyl (C=O) groups excluding carboxylic acids is 1.